The monoisotopic (exact) mass is 349 g/mol. The molecule has 0 aliphatic carbocycles. The van der Waals surface area contributed by atoms with Gasteiger partial charge in [-0.1, -0.05) is 28.1 Å². The van der Waals surface area contributed by atoms with E-state index >= 15 is 0 Å². The molecule has 1 amide bonds. The first-order valence-electron chi connectivity index (χ1n) is 6.38. The Bertz CT molecular complexity index is 626. The van der Waals surface area contributed by atoms with E-state index in [2.05, 4.69) is 21.2 Å². The highest BCUT2D eigenvalue weighted by atomic mass is 79.9. The average molecular weight is 350 g/mol. The average Bonchev–Trinajstić information content (AvgIpc) is 2.53. The number of carbonyl (C=O) groups is 1. The maximum atomic E-state index is 12.2. The molecule has 0 radical (unpaired) electrons. The summed E-state index contributed by atoms with van der Waals surface area (Å²) in [5, 5.41) is 2.87. The number of carbonyl (C=O) groups excluding carboxylic acids is 1. The summed E-state index contributed by atoms with van der Waals surface area (Å²) in [5.74, 6) is 1.16. The molecule has 0 saturated carbocycles. The van der Waals surface area contributed by atoms with Crippen LogP contribution in [0.1, 0.15) is 15.9 Å². The molecule has 2 aromatic rings. The fourth-order valence-corrected chi connectivity index (χ4v) is 2.24. The van der Waals surface area contributed by atoms with Crippen LogP contribution in [0.15, 0.2) is 46.9 Å². The highest BCUT2D eigenvalue weighted by Crippen LogP contribution is 2.23. The van der Waals surface area contributed by atoms with Gasteiger partial charge < -0.3 is 14.8 Å². The van der Waals surface area contributed by atoms with Gasteiger partial charge >= 0.3 is 0 Å². The number of methoxy groups -OCH3 is 2. The maximum Gasteiger partial charge on any atom is 0.255 e. The van der Waals surface area contributed by atoms with Crippen LogP contribution in [0.4, 0.5) is 0 Å². The molecule has 0 aliphatic rings. The molecule has 0 bridgehead atoms. The van der Waals surface area contributed by atoms with Gasteiger partial charge in [0.25, 0.3) is 5.91 Å². The second kappa shape index (κ2) is 7.13. The van der Waals surface area contributed by atoms with Gasteiger partial charge in [-0.15, -0.1) is 0 Å². The lowest BCUT2D eigenvalue weighted by Gasteiger charge is -2.10. The van der Waals surface area contributed by atoms with Gasteiger partial charge in [-0.3, -0.25) is 4.79 Å². The molecule has 2 rings (SSSR count). The normalized spacial score (nSPS) is 10.0. The van der Waals surface area contributed by atoms with Gasteiger partial charge in [0.05, 0.1) is 19.8 Å². The molecule has 0 unspecified atom stereocenters. The molecule has 110 valence electrons. The fraction of sp³-hybridized carbons (Fsp3) is 0.188. The zero-order valence-electron chi connectivity index (χ0n) is 11.9. The Kier molecular flexibility index (Phi) is 5.22. The van der Waals surface area contributed by atoms with Gasteiger partial charge in [-0.25, -0.2) is 0 Å². The fourth-order valence-electron chi connectivity index (χ4n) is 1.88. The van der Waals surface area contributed by atoms with Crippen LogP contribution in [0.3, 0.4) is 0 Å². The highest BCUT2D eigenvalue weighted by Gasteiger charge is 2.12. The first-order valence-corrected chi connectivity index (χ1v) is 7.18. The van der Waals surface area contributed by atoms with Crippen molar-refractivity contribution in [2.24, 2.45) is 0 Å². The number of hydrogen-bond donors (Lipinski definition) is 1. The number of rotatable bonds is 5. The van der Waals surface area contributed by atoms with Crippen LogP contribution in [0, 0.1) is 0 Å². The van der Waals surface area contributed by atoms with E-state index < -0.39 is 0 Å². The van der Waals surface area contributed by atoms with Gasteiger partial charge in [0.15, 0.2) is 0 Å². The predicted octanol–water partition coefficient (Wildman–Crippen LogP) is 3.40. The van der Waals surface area contributed by atoms with Gasteiger partial charge in [-0.05, 0) is 35.9 Å². The molecule has 1 N–H and O–H groups in total. The van der Waals surface area contributed by atoms with E-state index in [1.54, 1.807) is 26.4 Å². The third kappa shape index (κ3) is 3.98. The van der Waals surface area contributed by atoms with Crippen LogP contribution in [0.5, 0.6) is 11.5 Å². The quantitative estimate of drug-likeness (QED) is 0.899. The molecule has 0 atom stereocenters. The summed E-state index contributed by atoms with van der Waals surface area (Å²) in [7, 11) is 3.17. The van der Waals surface area contributed by atoms with Crippen molar-refractivity contribution < 1.29 is 14.3 Å². The predicted molar refractivity (Wildman–Crippen MR) is 84.9 cm³/mol. The molecule has 0 heterocycles. The van der Waals surface area contributed by atoms with Gasteiger partial charge in [-0.2, -0.15) is 0 Å². The minimum Gasteiger partial charge on any atom is -0.497 e. The van der Waals surface area contributed by atoms with Crippen LogP contribution in [0.2, 0.25) is 0 Å². The van der Waals surface area contributed by atoms with E-state index in [0.717, 1.165) is 15.8 Å². The van der Waals surface area contributed by atoms with Crippen LogP contribution in [-0.2, 0) is 6.54 Å². The molecule has 0 fully saturated rings. The van der Waals surface area contributed by atoms with Gasteiger partial charge in [0, 0.05) is 11.0 Å². The summed E-state index contributed by atoms with van der Waals surface area (Å²) in [6.07, 6.45) is 0. The lowest BCUT2D eigenvalue weighted by atomic mass is 10.1. The van der Waals surface area contributed by atoms with E-state index in [1.807, 2.05) is 30.3 Å². The summed E-state index contributed by atoms with van der Waals surface area (Å²) in [6.45, 7) is 0.443. The molecule has 0 aromatic heterocycles. The third-order valence-electron chi connectivity index (χ3n) is 3.02. The largest absolute Gasteiger partial charge is 0.497 e. The Morgan fingerprint density at radius 2 is 1.81 bits per heavy atom. The van der Waals surface area contributed by atoms with E-state index in [0.29, 0.717) is 17.9 Å². The minimum absolute atomic E-state index is 0.177. The zero-order valence-corrected chi connectivity index (χ0v) is 13.4. The number of benzene rings is 2. The molecular formula is C16H16BrNO3. The molecule has 2 aromatic carbocycles. The smallest absolute Gasteiger partial charge is 0.255 e. The molecular weight excluding hydrogens is 334 g/mol. The topological polar surface area (TPSA) is 47.6 Å². The minimum atomic E-state index is -0.177. The summed E-state index contributed by atoms with van der Waals surface area (Å²) < 4.78 is 11.1. The Balaban J connectivity index is 2.05. The SMILES string of the molecule is COc1ccc(CNC(=O)c2cc(Br)ccc2OC)cc1. The van der Waals surface area contributed by atoms with Crippen molar-refractivity contribution in [2.75, 3.05) is 14.2 Å². The Labute approximate surface area is 132 Å². The zero-order chi connectivity index (χ0) is 15.2. The number of hydrogen-bond acceptors (Lipinski definition) is 3. The number of amides is 1. The molecule has 5 heteroatoms. The highest BCUT2D eigenvalue weighted by molar-refractivity contribution is 9.10. The second-order valence-corrected chi connectivity index (χ2v) is 5.29. The molecule has 21 heavy (non-hydrogen) atoms. The Hall–Kier alpha value is -2.01. The standard InChI is InChI=1S/C16H16BrNO3/c1-20-13-6-3-11(4-7-13)10-18-16(19)14-9-12(17)5-8-15(14)21-2/h3-9H,10H2,1-2H3,(H,18,19). The summed E-state index contributed by atoms with van der Waals surface area (Å²) >= 11 is 3.36. The first kappa shape index (κ1) is 15.4. The van der Waals surface area contributed by atoms with E-state index in [1.165, 1.54) is 0 Å². The van der Waals surface area contributed by atoms with Crippen molar-refractivity contribution in [2.45, 2.75) is 6.54 Å². The van der Waals surface area contributed by atoms with E-state index in [9.17, 15) is 4.79 Å². The third-order valence-corrected chi connectivity index (χ3v) is 3.51. The lowest BCUT2D eigenvalue weighted by Crippen LogP contribution is -2.23. The number of ether oxygens (including phenoxy) is 2. The van der Waals surface area contributed by atoms with Crippen LogP contribution >= 0.6 is 15.9 Å². The first-order chi connectivity index (χ1) is 10.1. The maximum absolute atomic E-state index is 12.2. The van der Waals surface area contributed by atoms with Crippen molar-refractivity contribution in [1.82, 2.24) is 5.32 Å². The number of halogens is 1. The van der Waals surface area contributed by atoms with E-state index in [4.69, 9.17) is 9.47 Å². The number of nitrogens with one attached hydrogen (secondary N) is 1. The van der Waals surface area contributed by atoms with Crippen LogP contribution in [0.25, 0.3) is 0 Å². The van der Waals surface area contributed by atoms with Gasteiger partial charge in [0.2, 0.25) is 0 Å². The summed E-state index contributed by atoms with van der Waals surface area (Å²) in [5.41, 5.74) is 1.50. The summed E-state index contributed by atoms with van der Waals surface area (Å²) in [4.78, 5) is 12.2. The van der Waals surface area contributed by atoms with Crippen molar-refractivity contribution in [3.63, 3.8) is 0 Å². The van der Waals surface area contributed by atoms with Crippen LogP contribution < -0.4 is 14.8 Å². The van der Waals surface area contributed by atoms with Gasteiger partial charge in [0.1, 0.15) is 11.5 Å². The molecule has 0 aliphatic heterocycles. The lowest BCUT2D eigenvalue weighted by molar-refractivity contribution is 0.0948. The summed E-state index contributed by atoms with van der Waals surface area (Å²) in [6, 6.07) is 12.9. The van der Waals surface area contributed by atoms with E-state index in [-0.39, 0.29) is 5.91 Å². The van der Waals surface area contributed by atoms with Crippen molar-refractivity contribution in [3.8, 4) is 11.5 Å². The second-order valence-electron chi connectivity index (χ2n) is 4.38. The van der Waals surface area contributed by atoms with Crippen molar-refractivity contribution in [3.05, 3.63) is 58.1 Å². The Morgan fingerprint density at radius 3 is 2.43 bits per heavy atom. The van der Waals surface area contributed by atoms with Crippen LogP contribution in [-0.4, -0.2) is 20.1 Å². The Morgan fingerprint density at radius 1 is 1.10 bits per heavy atom. The van der Waals surface area contributed by atoms with Crippen molar-refractivity contribution >= 4 is 21.8 Å². The molecule has 0 saturated heterocycles. The molecule has 0 spiro atoms. The van der Waals surface area contributed by atoms with Crippen molar-refractivity contribution in [1.29, 1.82) is 0 Å². The molecule has 4 nitrogen and oxygen atoms in total.